The number of hydrogen-bond acceptors (Lipinski definition) is 3. The quantitative estimate of drug-likeness (QED) is 0.802. The van der Waals surface area contributed by atoms with Gasteiger partial charge in [0, 0.05) is 12.1 Å². The molecule has 4 atom stereocenters. The summed E-state index contributed by atoms with van der Waals surface area (Å²) in [5.74, 6) is 2.55. The van der Waals surface area contributed by atoms with E-state index in [1.54, 1.807) is 12.1 Å². The van der Waals surface area contributed by atoms with Gasteiger partial charge in [0.2, 0.25) is 0 Å². The van der Waals surface area contributed by atoms with Crippen molar-refractivity contribution in [2.24, 2.45) is 17.8 Å². The van der Waals surface area contributed by atoms with Crippen LogP contribution in [0.4, 0.5) is 5.69 Å². The summed E-state index contributed by atoms with van der Waals surface area (Å²) in [5, 5.41) is 3.50. The maximum atomic E-state index is 12.6. The number of amides is 1. The first kappa shape index (κ1) is 18.2. The van der Waals surface area contributed by atoms with Gasteiger partial charge in [0.1, 0.15) is 5.75 Å². The number of halogens is 2. The van der Waals surface area contributed by atoms with Crippen LogP contribution in [0.5, 0.6) is 5.75 Å². The maximum Gasteiger partial charge on any atom is 0.255 e. The molecule has 1 aromatic carbocycles. The molecule has 23 heavy (non-hydrogen) atoms. The third-order valence-corrected chi connectivity index (χ3v) is 5.68. The molecule has 0 radical (unpaired) electrons. The Balaban J connectivity index is 0.00000192. The highest BCUT2D eigenvalue weighted by atomic mass is 35.5. The first-order chi connectivity index (χ1) is 10.5. The lowest BCUT2D eigenvalue weighted by atomic mass is 9.84. The molecule has 4 unspecified atom stereocenters. The van der Waals surface area contributed by atoms with Crippen molar-refractivity contribution >= 4 is 35.6 Å². The number of nitrogen functional groups attached to an aromatic ring is 1. The lowest BCUT2D eigenvalue weighted by Crippen LogP contribution is -2.40. The van der Waals surface area contributed by atoms with E-state index in [0.717, 1.165) is 11.8 Å². The minimum Gasteiger partial charge on any atom is -0.496 e. The molecule has 0 aliphatic heterocycles. The number of hydrogen-bond donors (Lipinski definition) is 2. The molecule has 6 heteroatoms. The summed E-state index contributed by atoms with van der Waals surface area (Å²) in [7, 11) is 1.53. The van der Waals surface area contributed by atoms with E-state index in [2.05, 4.69) is 12.2 Å². The van der Waals surface area contributed by atoms with Crippen LogP contribution in [0.25, 0.3) is 0 Å². The highest BCUT2D eigenvalue weighted by molar-refractivity contribution is 6.33. The van der Waals surface area contributed by atoms with Gasteiger partial charge in [-0.1, -0.05) is 18.0 Å². The van der Waals surface area contributed by atoms with Gasteiger partial charge in [-0.15, -0.1) is 12.4 Å². The zero-order valence-corrected chi connectivity index (χ0v) is 15.0. The summed E-state index contributed by atoms with van der Waals surface area (Å²) in [4.78, 5) is 12.6. The van der Waals surface area contributed by atoms with Gasteiger partial charge < -0.3 is 15.8 Å². The normalized spacial score (nSPS) is 26.5. The molecule has 0 heterocycles. The number of fused-ring (bicyclic) bond motifs is 2. The number of rotatable bonds is 4. The largest absolute Gasteiger partial charge is 0.496 e. The van der Waals surface area contributed by atoms with Crippen molar-refractivity contribution in [1.29, 1.82) is 0 Å². The van der Waals surface area contributed by atoms with Crippen molar-refractivity contribution in [3.8, 4) is 5.75 Å². The van der Waals surface area contributed by atoms with Crippen LogP contribution in [0.3, 0.4) is 0 Å². The van der Waals surface area contributed by atoms with Crippen LogP contribution in [-0.2, 0) is 0 Å². The van der Waals surface area contributed by atoms with E-state index in [1.807, 2.05) is 0 Å². The number of carbonyl (C=O) groups is 1. The smallest absolute Gasteiger partial charge is 0.255 e. The third kappa shape index (κ3) is 3.53. The van der Waals surface area contributed by atoms with E-state index in [1.165, 1.54) is 32.8 Å². The molecule has 128 valence electrons. The molecule has 2 bridgehead atoms. The predicted octanol–water partition coefficient (Wildman–Crippen LogP) is 3.91. The van der Waals surface area contributed by atoms with Crippen molar-refractivity contribution in [1.82, 2.24) is 5.32 Å². The van der Waals surface area contributed by atoms with Gasteiger partial charge in [0.15, 0.2) is 0 Å². The maximum absolute atomic E-state index is 12.6. The SMILES string of the molecule is COc1cc(N)c(Cl)cc1C(=O)NC(C)C1CC2CCC1C2.Cl. The fraction of sp³-hybridized carbons (Fsp3) is 0.588. The second-order valence-electron chi connectivity index (χ2n) is 6.67. The number of nitrogens with two attached hydrogens (primary N) is 1. The second-order valence-corrected chi connectivity index (χ2v) is 7.08. The monoisotopic (exact) mass is 358 g/mol. The fourth-order valence-corrected chi connectivity index (χ4v) is 4.38. The van der Waals surface area contributed by atoms with Gasteiger partial charge in [0.25, 0.3) is 5.91 Å². The van der Waals surface area contributed by atoms with Gasteiger partial charge in [-0.05, 0) is 50.0 Å². The van der Waals surface area contributed by atoms with E-state index in [4.69, 9.17) is 22.1 Å². The van der Waals surface area contributed by atoms with Crippen LogP contribution in [0.1, 0.15) is 43.0 Å². The molecular weight excluding hydrogens is 335 g/mol. The van der Waals surface area contributed by atoms with Crippen LogP contribution in [-0.4, -0.2) is 19.1 Å². The molecule has 2 saturated carbocycles. The summed E-state index contributed by atoms with van der Waals surface area (Å²) in [6.07, 6.45) is 5.25. The van der Waals surface area contributed by atoms with Gasteiger partial charge in [-0.25, -0.2) is 0 Å². The zero-order chi connectivity index (χ0) is 15.9. The Morgan fingerprint density at radius 2 is 2.13 bits per heavy atom. The number of carbonyl (C=O) groups excluding carboxylic acids is 1. The van der Waals surface area contributed by atoms with Crippen LogP contribution >= 0.6 is 24.0 Å². The highest BCUT2D eigenvalue weighted by Gasteiger charge is 2.42. The molecule has 1 amide bonds. The van der Waals surface area contributed by atoms with Crippen molar-refractivity contribution in [2.45, 2.75) is 38.6 Å². The van der Waals surface area contributed by atoms with E-state index >= 15 is 0 Å². The standard InChI is InChI=1S/C17H23ClN2O2.ClH/c1-9(12-6-10-3-4-11(12)5-10)20-17(21)13-7-14(18)15(19)8-16(13)22-2;/h7-12H,3-6,19H2,1-2H3,(H,20,21);1H. The van der Waals surface area contributed by atoms with Crippen LogP contribution in [0.15, 0.2) is 12.1 Å². The molecule has 3 N–H and O–H groups in total. The van der Waals surface area contributed by atoms with Crippen molar-refractivity contribution in [2.75, 3.05) is 12.8 Å². The number of anilines is 1. The number of benzene rings is 1. The average molecular weight is 359 g/mol. The number of ether oxygens (including phenoxy) is 1. The zero-order valence-electron chi connectivity index (χ0n) is 13.5. The summed E-state index contributed by atoms with van der Waals surface area (Å²) in [5.41, 5.74) is 6.62. The van der Waals surface area contributed by atoms with Crippen LogP contribution in [0.2, 0.25) is 5.02 Å². The van der Waals surface area contributed by atoms with E-state index in [9.17, 15) is 4.79 Å². The van der Waals surface area contributed by atoms with Gasteiger partial charge in [-0.3, -0.25) is 4.79 Å². The minimum absolute atomic E-state index is 0. The van der Waals surface area contributed by atoms with Gasteiger partial charge >= 0.3 is 0 Å². The second kappa shape index (κ2) is 7.18. The van der Waals surface area contributed by atoms with E-state index in [-0.39, 0.29) is 24.4 Å². The van der Waals surface area contributed by atoms with Crippen molar-refractivity contribution in [3.05, 3.63) is 22.7 Å². The third-order valence-electron chi connectivity index (χ3n) is 5.36. The Hall–Kier alpha value is -1.13. The molecule has 0 aromatic heterocycles. The summed E-state index contributed by atoms with van der Waals surface area (Å²) < 4.78 is 5.26. The number of methoxy groups -OCH3 is 1. The lowest BCUT2D eigenvalue weighted by molar-refractivity contribution is 0.0912. The van der Waals surface area contributed by atoms with Gasteiger partial charge in [0.05, 0.1) is 23.4 Å². The lowest BCUT2D eigenvalue weighted by Gasteiger charge is -2.28. The molecule has 1 aromatic rings. The molecule has 0 spiro atoms. The summed E-state index contributed by atoms with van der Waals surface area (Å²) >= 11 is 6.04. The Bertz CT molecular complexity index is 594. The average Bonchev–Trinajstić information content (AvgIpc) is 3.12. The summed E-state index contributed by atoms with van der Waals surface area (Å²) in [6, 6.07) is 3.35. The fourth-order valence-electron chi connectivity index (χ4n) is 4.21. The first-order valence-electron chi connectivity index (χ1n) is 7.93. The molecule has 4 nitrogen and oxygen atoms in total. The van der Waals surface area contributed by atoms with Crippen LogP contribution < -0.4 is 15.8 Å². The Morgan fingerprint density at radius 3 is 2.70 bits per heavy atom. The van der Waals surface area contributed by atoms with E-state index in [0.29, 0.717) is 27.9 Å². The molecule has 3 rings (SSSR count). The summed E-state index contributed by atoms with van der Waals surface area (Å²) in [6.45, 7) is 2.11. The van der Waals surface area contributed by atoms with Crippen molar-refractivity contribution in [3.63, 3.8) is 0 Å². The Morgan fingerprint density at radius 1 is 1.39 bits per heavy atom. The Labute approximate surface area is 148 Å². The van der Waals surface area contributed by atoms with E-state index < -0.39 is 0 Å². The topological polar surface area (TPSA) is 64.3 Å². The minimum atomic E-state index is -0.144. The Kier molecular flexibility index (Phi) is 5.69. The molecular formula is C17H24Cl2N2O2. The molecule has 2 aliphatic rings. The predicted molar refractivity (Wildman–Crippen MR) is 95.5 cm³/mol. The molecule has 2 aliphatic carbocycles. The van der Waals surface area contributed by atoms with Gasteiger partial charge in [-0.2, -0.15) is 0 Å². The highest BCUT2D eigenvalue weighted by Crippen LogP contribution is 2.49. The molecule has 2 fully saturated rings. The van der Waals surface area contributed by atoms with Crippen LogP contribution in [0, 0.1) is 17.8 Å². The first-order valence-corrected chi connectivity index (χ1v) is 8.31. The molecule has 0 saturated heterocycles. The number of nitrogens with one attached hydrogen (secondary N) is 1. The van der Waals surface area contributed by atoms with Crippen molar-refractivity contribution < 1.29 is 9.53 Å².